The SMILES string of the molecule is C/C=C\CC/C(C)=C/CC/C(C)=C/C(C/C(C)=C/CC/C(C)=C/CO)S(=O)(=O)c1ccccc1. The first-order valence-electron chi connectivity index (χ1n) is 12.4. The summed E-state index contributed by atoms with van der Waals surface area (Å²) in [5.74, 6) is 0. The third kappa shape index (κ3) is 11.8. The Hall–Kier alpha value is -2.17. The highest BCUT2D eigenvalue weighted by Gasteiger charge is 2.25. The smallest absolute Gasteiger partial charge is 0.185 e. The summed E-state index contributed by atoms with van der Waals surface area (Å²) in [4.78, 5) is 0.373. The first-order valence-corrected chi connectivity index (χ1v) is 13.9. The maximum atomic E-state index is 13.5. The van der Waals surface area contributed by atoms with Crippen LogP contribution in [-0.4, -0.2) is 25.4 Å². The van der Waals surface area contributed by atoms with Crippen LogP contribution in [0.15, 0.2) is 94.0 Å². The number of aliphatic hydroxyl groups excluding tert-OH is 1. The fourth-order valence-corrected chi connectivity index (χ4v) is 5.55. The maximum Gasteiger partial charge on any atom is 0.185 e. The molecule has 0 spiro atoms. The van der Waals surface area contributed by atoms with Crippen molar-refractivity contribution in [3.8, 4) is 0 Å². The molecule has 1 aromatic rings. The highest BCUT2D eigenvalue weighted by Crippen LogP contribution is 2.25. The molecule has 1 atom stereocenters. The predicted octanol–water partition coefficient (Wildman–Crippen LogP) is 7.91. The van der Waals surface area contributed by atoms with Crippen LogP contribution in [0, 0.1) is 0 Å². The summed E-state index contributed by atoms with van der Waals surface area (Å²) in [6, 6.07) is 8.77. The first kappa shape index (κ1) is 29.9. The minimum Gasteiger partial charge on any atom is -0.392 e. The Balaban J connectivity index is 2.99. The summed E-state index contributed by atoms with van der Waals surface area (Å²) in [6.07, 6.45) is 18.5. The van der Waals surface area contributed by atoms with Gasteiger partial charge in [0.25, 0.3) is 0 Å². The number of sulfone groups is 1. The highest BCUT2D eigenvalue weighted by atomic mass is 32.2. The van der Waals surface area contributed by atoms with Crippen LogP contribution in [0.2, 0.25) is 0 Å². The van der Waals surface area contributed by atoms with E-state index < -0.39 is 15.1 Å². The van der Waals surface area contributed by atoms with Gasteiger partial charge >= 0.3 is 0 Å². The Labute approximate surface area is 208 Å². The van der Waals surface area contributed by atoms with Crippen molar-refractivity contribution in [1.29, 1.82) is 0 Å². The Kier molecular flexibility index (Phi) is 14.5. The Morgan fingerprint density at radius 2 is 1.38 bits per heavy atom. The molecule has 1 aromatic carbocycles. The molecule has 1 rings (SSSR count). The Morgan fingerprint density at radius 3 is 2.00 bits per heavy atom. The van der Waals surface area contributed by atoms with Crippen LogP contribution >= 0.6 is 0 Å². The third-order valence-corrected chi connectivity index (χ3v) is 7.94. The van der Waals surface area contributed by atoms with Crippen molar-refractivity contribution in [3.63, 3.8) is 0 Å². The molecule has 0 aliphatic rings. The van der Waals surface area contributed by atoms with Crippen LogP contribution < -0.4 is 0 Å². The monoisotopic (exact) mass is 484 g/mol. The van der Waals surface area contributed by atoms with Gasteiger partial charge in [0.15, 0.2) is 9.84 Å². The van der Waals surface area contributed by atoms with Crippen LogP contribution in [0.4, 0.5) is 0 Å². The number of aliphatic hydroxyl groups is 1. The minimum atomic E-state index is -3.48. The lowest BCUT2D eigenvalue weighted by Gasteiger charge is -2.16. The van der Waals surface area contributed by atoms with Crippen molar-refractivity contribution in [1.82, 2.24) is 0 Å². The van der Waals surface area contributed by atoms with Crippen LogP contribution in [0.5, 0.6) is 0 Å². The lowest BCUT2D eigenvalue weighted by molar-refractivity contribution is 0.341. The molecular formula is C30H44O3S. The largest absolute Gasteiger partial charge is 0.392 e. The zero-order valence-electron chi connectivity index (χ0n) is 21.8. The number of rotatable bonds is 15. The molecule has 0 aromatic heterocycles. The van der Waals surface area contributed by atoms with Crippen molar-refractivity contribution in [2.75, 3.05) is 6.61 Å². The van der Waals surface area contributed by atoms with Gasteiger partial charge in [0, 0.05) is 0 Å². The van der Waals surface area contributed by atoms with E-state index in [-0.39, 0.29) is 6.61 Å². The molecule has 0 saturated heterocycles. The van der Waals surface area contributed by atoms with Gasteiger partial charge in [-0.1, -0.05) is 76.9 Å². The number of hydrogen-bond acceptors (Lipinski definition) is 3. The van der Waals surface area contributed by atoms with E-state index in [1.54, 1.807) is 24.3 Å². The van der Waals surface area contributed by atoms with Crippen LogP contribution in [-0.2, 0) is 9.84 Å². The normalized spacial score (nSPS) is 15.2. The van der Waals surface area contributed by atoms with Gasteiger partial charge in [-0.3, -0.25) is 0 Å². The van der Waals surface area contributed by atoms with Crippen molar-refractivity contribution in [2.24, 2.45) is 0 Å². The van der Waals surface area contributed by atoms with Gasteiger partial charge in [-0.15, -0.1) is 0 Å². The fraction of sp³-hybridized carbons (Fsp3) is 0.467. The Morgan fingerprint density at radius 1 is 0.824 bits per heavy atom. The van der Waals surface area contributed by atoms with Gasteiger partial charge in [0.1, 0.15) is 0 Å². The molecule has 34 heavy (non-hydrogen) atoms. The summed E-state index contributed by atoms with van der Waals surface area (Å²) in [5, 5.41) is 8.43. The van der Waals surface area contributed by atoms with E-state index in [9.17, 15) is 8.42 Å². The maximum absolute atomic E-state index is 13.5. The van der Waals surface area contributed by atoms with Gasteiger partial charge in [0.2, 0.25) is 0 Å². The fourth-order valence-electron chi connectivity index (χ4n) is 3.77. The molecule has 3 nitrogen and oxygen atoms in total. The van der Waals surface area contributed by atoms with Crippen molar-refractivity contribution >= 4 is 9.84 Å². The van der Waals surface area contributed by atoms with Gasteiger partial charge < -0.3 is 5.11 Å². The predicted molar refractivity (Wildman–Crippen MR) is 147 cm³/mol. The lowest BCUT2D eigenvalue weighted by atomic mass is 10.0. The summed E-state index contributed by atoms with van der Waals surface area (Å²) in [5.41, 5.74) is 4.70. The van der Waals surface area contributed by atoms with Crippen LogP contribution in [0.1, 0.15) is 79.6 Å². The molecule has 1 N–H and O–H groups in total. The molecule has 0 amide bonds. The van der Waals surface area contributed by atoms with Gasteiger partial charge in [-0.25, -0.2) is 8.42 Å². The molecule has 0 saturated carbocycles. The van der Waals surface area contributed by atoms with Gasteiger partial charge in [-0.2, -0.15) is 0 Å². The molecule has 0 bridgehead atoms. The van der Waals surface area contributed by atoms with Gasteiger partial charge in [-0.05, 0) is 91.7 Å². The number of benzene rings is 1. The number of allylic oxidation sites excluding steroid dienone is 8. The van der Waals surface area contributed by atoms with E-state index in [0.29, 0.717) is 11.3 Å². The van der Waals surface area contributed by atoms with E-state index in [1.807, 2.05) is 45.9 Å². The van der Waals surface area contributed by atoms with Crippen LogP contribution in [0.3, 0.4) is 0 Å². The molecule has 1 unspecified atom stereocenters. The van der Waals surface area contributed by atoms with E-state index in [2.05, 4.69) is 31.2 Å². The average molecular weight is 485 g/mol. The van der Waals surface area contributed by atoms with E-state index >= 15 is 0 Å². The lowest BCUT2D eigenvalue weighted by Crippen LogP contribution is -2.20. The topological polar surface area (TPSA) is 54.4 Å². The standard InChI is InChI=1S/C30H44O3S/c1-6-7-9-14-25(2)15-12-17-27(4)23-30(34(32,33)29-19-10-8-11-20-29)24-28(5)18-13-16-26(3)21-22-31/h6-8,10-11,15,18-21,23,30-31H,9,12-14,16-17,22,24H2,1-5H3/b7-6-,25-15+,26-21+,27-23+,28-18+. The van der Waals surface area contributed by atoms with E-state index in [0.717, 1.165) is 55.2 Å². The highest BCUT2D eigenvalue weighted by molar-refractivity contribution is 7.92. The summed E-state index contributed by atoms with van der Waals surface area (Å²) in [7, 11) is -3.48. The second-order valence-electron chi connectivity index (χ2n) is 9.13. The second kappa shape index (κ2) is 16.5. The quantitative estimate of drug-likeness (QED) is 0.257. The minimum absolute atomic E-state index is 0.0560. The molecule has 0 aliphatic heterocycles. The van der Waals surface area contributed by atoms with E-state index in [1.165, 1.54) is 5.57 Å². The molecule has 4 heteroatoms. The summed E-state index contributed by atoms with van der Waals surface area (Å²) in [6.45, 7) is 10.3. The van der Waals surface area contributed by atoms with Crippen LogP contribution in [0.25, 0.3) is 0 Å². The van der Waals surface area contributed by atoms with Crippen molar-refractivity contribution < 1.29 is 13.5 Å². The average Bonchev–Trinajstić information content (AvgIpc) is 2.79. The summed E-state index contributed by atoms with van der Waals surface area (Å²) >= 11 is 0. The molecule has 0 radical (unpaired) electrons. The number of hydrogen-bond donors (Lipinski definition) is 1. The zero-order valence-corrected chi connectivity index (χ0v) is 22.6. The molecule has 188 valence electrons. The van der Waals surface area contributed by atoms with Crippen molar-refractivity contribution in [2.45, 2.75) is 89.7 Å². The van der Waals surface area contributed by atoms with E-state index in [4.69, 9.17) is 5.11 Å². The first-order chi connectivity index (χ1) is 16.2. The zero-order chi connectivity index (χ0) is 25.4. The molecule has 0 aliphatic carbocycles. The molecule has 0 fully saturated rings. The van der Waals surface area contributed by atoms with Crippen molar-refractivity contribution in [3.05, 3.63) is 89.1 Å². The van der Waals surface area contributed by atoms with Gasteiger partial charge in [0.05, 0.1) is 16.8 Å². The summed E-state index contributed by atoms with van der Waals surface area (Å²) < 4.78 is 26.9. The molecule has 0 heterocycles. The Bertz CT molecular complexity index is 977. The second-order valence-corrected chi connectivity index (χ2v) is 11.3. The third-order valence-electron chi connectivity index (χ3n) is 5.91. The molecular weight excluding hydrogens is 440 g/mol.